The summed E-state index contributed by atoms with van der Waals surface area (Å²) in [5.74, 6) is -0.294. The summed E-state index contributed by atoms with van der Waals surface area (Å²) in [6, 6.07) is 17.7. The van der Waals surface area contributed by atoms with E-state index in [0.717, 1.165) is 22.3 Å². The number of esters is 1. The molecule has 0 radical (unpaired) electrons. The van der Waals surface area contributed by atoms with Crippen LogP contribution in [0.5, 0.6) is 0 Å². The van der Waals surface area contributed by atoms with Crippen LogP contribution in [0.1, 0.15) is 21.5 Å². The predicted molar refractivity (Wildman–Crippen MR) is 95.4 cm³/mol. The van der Waals surface area contributed by atoms with E-state index in [1.807, 2.05) is 65.4 Å². The van der Waals surface area contributed by atoms with Gasteiger partial charge in [-0.2, -0.15) is 11.3 Å². The molecule has 0 fully saturated rings. The van der Waals surface area contributed by atoms with Crippen molar-refractivity contribution in [1.29, 1.82) is 0 Å². The largest absolute Gasteiger partial charge is 0.457 e. The zero-order valence-electron chi connectivity index (χ0n) is 12.6. The first-order valence-electron chi connectivity index (χ1n) is 7.28. The quantitative estimate of drug-likeness (QED) is 0.587. The number of carbonyl (C=O) groups is 1. The Labute approximate surface area is 139 Å². The Balaban J connectivity index is 1.71. The fourth-order valence-corrected chi connectivity index (χ4v) is 3.10. The van der Waals surface area contributed by atoms with Crippen molar-refractivity contribution in [2.24, 2.45) is 0 Å². The number of thiophene rings is 1. The molecule has 2 aromatic carbocycles. The van der Waals surface area contributed by atoms with Gasteiger partial charge in [-0.25, -0.2) is 4.79 Å². The van der Waals surface area contributed by atoms with Gasteiger partial charge in [-0.15, -0.1) is 0 Å². The van der Waals surface area contributed by atoms with Gasteiger partial charge in [0.1, 0.15) is 6.61 Å². The van der Waals surface area contributed by atoms with Crippen molar-refractivity contribution in [3.05, 3.63) is 88.6 Å². The summed E-state index contributed by atoms with van der Waals surface area (Å²) in [7, 11) is 0. The first-order chi connectivity index (χ1) is 11.3. The summed E-state index contributed by atoms with van der Waals surface area (Å²) >= 11 is 1.50. The molecule has 114 valence electrons. The minimum atomic E-state index is -0.294. The summed E-state index contributed by atoms with van der Waals surface area (Å²) < 4.78 is 5.45. The molecule has 0 bridgehead atoms. The molecule has 0 unspecified atom stereocenters. The van der Waals surface area contributed by atoms with Crippen LogP contribution >= 0.6 is 11.3 Å². The number of hydrogen-bond acceptors (Lipinski definition) is 3. The van der Waals surface area contributed by atoms with E-state index >= 15 is 0 Å². The zero-order chi connectivity index (χ0) is 16.1. The second-order valence-electron chi connectivity index (χ2n) is 5.09. The van der Waals surface area contributed by atoms with Crippen molar-refractivity contribution >= 4 is 23.4 Å². The minimum Gasteiger partial charge on any atom is -0.457 e. The number of hydrogen-bond donors (Lipinski definition) is 0. The van der Waals surface area contributed by atoms with Crippen LogP contribution in [0.2, 0.25) is 0 Å². The van der Waals surface area contributed by atoms with E-state index in [1.165, 1.54) is 11.3 Å². The van der Waals surface area contributed by atoms with Gasteiger partial charge in [0.2, 0.25) is 0 Å². The third-order valence-electron chi connectivity index (χ3n) is 3.55. The van der Waals surface area contributed by atoms with Crippen molar-refractivity contribution in [2.75, 3.05) is 0 Å². The van der Waals surface area contributed by atoms with Crippen LogP contribution < -0.4 is 0 Å². The van der Waals surface area contributed by atoms with Gasteiger partial charge in [0.15, 0.2) is 0 Å². The zero-order valence-corrected chi connectivity index (χ0v) is 13.4. The minimum absolute atomic E-state index is 0.264. The third kappa shape index (κ3) is 3.58. The summed E-state index contributed by atoms with van der Waals surface area (Å²) in [5.41, 5.74) is 4.56. The van der Waals surface area contributed by atoms with Crippen LogP contribution in [0.25, 0.3) is 17.2 Å². The highest BCUT2D eigenvalue weighted by Gasteiger charge is 2.15. The van der Waals surface area contributed by atoms with Crippen LogP contribution in [0.4, 0.5) is 0 Å². The van der Waals surface area contributed by atoms with Crippen molar-refractivity contribution in [2.45, 2.75) is 6.61 Å². The van der Waals surface area contributed by atoms with E-state index < -0.39 is 0 Å². The first kappa shape index (κ1) is 15.3. The molecular weight excluding hydrogens is 304 g/mol. The Morgan fingerprint density at radius 1 is 1.04 bits per heavy atom. The fraction of sp³-hybridized carbons (Fsp3) is 0.0500. The first-order valence-corrected chi connectivity index (χ1v) is 8.22. The highest BCUT2D eigenvalue weighted by Crippen LogP contribution is 2.28. The Bertz CT molecular complexity index is 801. The molecule has 3 rings (SSSR count). The summed E-state index contributed by atoms with van der Waals surface area (Å²) in [6.07, 6.45) is 1.79. The second-order valence-corrected chi connectivity index (χ2v) is 5.83. The van der Waals surface area contributed by atoms with Gasteiger partial charge in [-0.3, -0.25) is 0 Å². The molecule has 3 heteroatoms. The van der Waals surface area contributed by atoms with Crippen molar-refractivity contribution in [3.8, 4) is 11.1 Å². The lowest BCUT2D eigenvalue weighted by atomic mass is 10.1. The van der Waals surface area contributed by atoms with Gasteiger partial charge in [0, 0.05) is 10.9 Å². The van der Waals surface area contributed by atoms with Crippen LogP contribution in [-0.4, -0.2) is 5.97 Å². The molecule has 0 spiro atoms. The number of carbonyl (C=O) groups excluding carboxylic acids is 1. The molecule has 3 aromatic rings. The van der Waals surface area contributed by atoms with Crippen LogP contribution in [0.3, 0.4) is 0 Å². The van der Waals surface area contributed by atoms with Gasteiger partial charge in [-0.1, -0.05) is 67.3 Å². The Kier molecular flexibility index (Phi) is 4.69. The van der Waals surface area contributed by atoms with Gasteiger partial charge in [0.25, 0.3) is 0 Å². The van der Waals surface area contributed by atoms with Crippen LogP contribution in [-0.2, 0) is 11.3 Å². The smallest absolute Gasteiger partial charge is 0.339 e. The molecule has 0 atom stereocenters. The molecule has 0 N–H and O–H groups in total. The molecule has 1 aromatic heterocycles. The molecule has 1 heterocycles. The summed E-state index contributed by atoms with van der Waals surface area (Å²) in [5, 5.41) is 3.82. The molecule has 0 aliphatic heterocycles. The maximum atomic E-state index is 12.4. The van der Waals surface area contributed by atoms with Crippen LogP contribution in [0, 0.1) is 0 Å². The van der Waals surface area contributed by atoms with Gasteiger partial charge < -0.3 is 4.74 Å². The molecule has 0 saturated carbocycles. The van der Waals surface area contributed by atoms with Crippen molar-refractivity contribution in [3.63, 3.8) is 0 Å². The molecular formula is C20H16O2S. The average molecular weight is 320 g/mol. The average Bonchev–Trinajstić information content (AvgIpc) is 3.11. The fourth-order valence-electron chi connectivity index (χ4n) is 2.27. The number of benzene rings is 2. The van der Waals surface area contributed by atoms with Gasteiger partial charge >= 0.3 is 5.97 Å². The Hall–Kier alpha value is -2.65. The standard InChI is InChI=1S/C20H16O2S/c1-2-15-8-10-16(11-9-15)12-22-20(21)19-14-23-13-18(19)17-6-4-3-5-7-17/h2-11,13-14H,1,12H2. The molecule has 2 nitrogen and oxygen atoms in total. The molecule has 23 heavy (non-hydrogen) atoms. The maximum absolute atomic E-state index is 12.4. The van der Waals surface area contributed by atoms with E-state index in [4.69, 9.17) is 4.74 Å². The van der Waals surface area contributed by atoms with Gasteiger partial charge in [-0.05, 0) is 22.1 Å². The topological polar surface area (TPSA) is 26.3 Å². The van der Waals surface area contributed by atoms with Crippen molar-refractivity contribution in [1.82, 2.24) is 0 Å². The maximum Gasteiger partial charge on any atom is 0.339 e. The lowest BCUT2D eigenvalue weighted by Gasteiger charge is -2.07. The van der Waals surface area contributed by atoms with E-state index in [-0.39, 0.29) is 12.6 Å². The predicted octanol–water partition coefficient (Wildman–Crippen LogP) is 5.42. The molecule has 0 aliphatic carbocycles. The Morgan fingerprint density at radius 2 is 1.78 bits per heavy atom. The van der Waals surface area contributed by atoms with E-state index in [0.29, 0.717) is 5.56 Å². The number of rotatable bonds is 5. The molecule has 0 aliphatic rings. The normalized spacial score (nSPS) is 10.3. The highest BCUT2D eigenvalue weighted by atomic mass is 32.1. The van der Waals surface area contributed by atoms with E-state index in [9.17, 15) is 4.79 Å². The SMILES string of the molecule is C=Cc1ccc(COC(=O)c2cscc2-c2ccccc2)cc1. The molecule has 0 amide bonds. The number of ether oxygens (including phenoxy) is 1. The summed E-state index contributed by atoms with van der Waals surface area (Å²) in [6.45, 7) is 3.99. The van der Waals surface area contributed by atoms with Crippen LogP contribution in [0.15, 0.2) is 71.9 Å². The second kappa shape index (κ2) is 7.07. The van der Waals surface area contributed by atoms with Crippen molar-refractivity contribution < 1.29 is 9.53 Å². The lowest BCUT2D eigenvalue weighted by Crippen LogP contribution is -2.05. The molecule has 0 saturated heterocycles. The van der Waals surface area contributed by atoms with E-state index in [1.54, 1.807) is 6.08 Å². The third-order valence-corrected chi connectivity index (χ3v) is 4.30. The van der Waals surface area contributed by atoms with Gasteiger partial charge in [0.05, 0.1) is 5.56 Å². The highest BCUT2D eigenvalue weighted by molar-refractivity contribution is 7.08. The Morgan fingerprint density at radius 3 is 2.48 bits per heavy atom. The lowest BCUT2D eigenvalue weighted by molar-refractivity contribution is 0.0474. The summed E-state index contributed by atoms with van der Waals surface area (Å²) in [4.78, 5) is 12.4. The monoisotopic (exact) mass is 320 g/mol. The van der Waals surface area contributed by atoms with E-state index in [2.05, 4.69) is 6.58 Å².